The molecule has 0 heterocycles. The highest BCUT2D eigenvalue weighted by Gasteiger charge is 2.31. The van der Waals surface area contributed by atoms with Crippen LogP contribution in [0.5, 0.6) is 0 Å². The predicted octanol–water partition coefficient (Wildman–Crippen LogP) is 2.26. The highest BCUT2D eigenvalue weighted by Crippen LogP contribution is 2.17. The van der Waals surface area contributed by atoms with Gasteiger partial charge in [-0.2, -0.15) is 0 Å². The van der Waals surface area contributed by atoms with Gasteiger partial charge >= 0.3 is 5.97 Å². The summed E-state index contributed by atoms with van der Waals surface area (Å²) in [5.41, 5.74) is -0.536. The number of carboxylic acids is 1. The Morgan fingerprint density at radius 2 is 1.94 bits per heavy atom. The molecule has 1 aromatic carbocycles. The van der Waals surface area contributed by atoms with Crippen molar-refractivity contribution in [2.24, 2.45) is 0 Å². The molecular weight excluding hydrogens is 228 g/mol. The molecule has 1 N–H and O–H groups in total. The highest BCUT2D eigenvalue weighted by atomic mass is 19.2. The zero-order valence-electron chi connectivity index (χ0n) is 10.00. The van der Waals surface area contributed by atoms with Gasteiger partial charge in [-0.25, -0.2) is 8.78 Å². The summed E-state index contributed by atoms with van der Waals surface area (Å²) in [6.45, 7) is 3.33. The van der Waals surface area contributed by atoms with Gasteiger partial charge in [-0.1, -0.05) is 6.07 Å². The molecule has 1 aromatic rings. The fourth-order valence-electron chi connectivity index (χ4n) is 1.27. The summed E-state index contributed by atoms with van der Waals surface area (Å²) in [6, 6.07) is 3.54. The number of rotatable bonds is 4. The van der Waals surface area contributed by atoms with E-state index >= 15 is 0 Å². The van der Waals surface area contributed by atoms with Gasteiger partial charge in [-0.3, -0.25) is 9.69 Å². The van der Waals surface area contributed by atoms with E-state index in [1.165, 1.54) is 6.07 Å². The minimum Gasteiger partial charge on any atom is -0.480 e. The van der Waals surface area contributed by atoms with Crippen molar-refractivity contribution in [3.63, 3.8) is 0 Å². The third-order valence-electron chi connectivity index (χ3n) is 2.88. The predicted molar refractivity (Wildman–Crippen MR) is 59.5 cm³/mol. The van der Waals surface area contributed by atoms with Crippen LogP contribution in [0.15, 0.2) is 18.2 Å². The van der Waals surface area contributed by atoms with Gasteiger partial charge < -0.3 is 5.11 Å². The van der Waals surface area contributed by atoms with Crippen molar-refractivity contribution in [2.45, 2.75) is 25.9 Å². The van der Waals surface area contributed by atoms with Crippen molar-refractivity contribution < 1.29 is 18.7 Å². The summed E-state index contributed by atoms with van der Waals surface area (Å²) in [4.78, 5) is 12.6. The molecule has 0 aliphatic heterocycles. The van der Waals surface area contributed by atoms with E-state index in [1.54, 1.807) is 25.8 Å². The largest absolute Gasteiger partial charge is 0.480 e. The monoisotopic (exact) mass is 243 g/mol. The van der Waals surface area contributed by atoms with Gasteiger partial charge in [0.05, 0.1) is 0 Å². The van der Waals surface area contributed by atoms with Crippen LogP contribution >= 0.6 is 0 Å². The number of aliphatic carboxylic acids is 1. The number of nitrogens with zero attached hydrogens (tertiary/aromatic N) is 1. The molecule has 1 rings (SSSR count). The molecular formula is C12H15F2NO2. The zero-order valence-corrected chi connectivity index (χ0v) is 10.00. The van der Waals surface area contributed by atoms with Gasteiger partial charge in [0.25, 0.3) is 0 Å². The number of carboxylic acid groups (broad SMARTS) is 1. The normalized spacial score (nSPS) is 11.9. The average molecular weight is 243 g/mol. The van der Waals surface area contributed by atoms with E-state index in [0.717, 1.165) is 12.1 Å². The molecule has 0 spiro atoms. The van der Waals surface area contributed by atoms with Crippen molar-refractivity contribution in [1.82, 2.24) is 4.90 Å². The molecule has 0 aliphatic carbocycles. The first-order valence-electron chi connectivity index (χ1n) is 5.13. The Morgan fingerprint density at radius 3 is 2.41 bits per heavy atom. The molecule has 0 fully saturated rings. The Morgan fingerprint density at radius 1 is 1.35 bits per heavy atom. The second-order valence-corrected chi connectivity index (χ2v) is 4.47. The maximum Gasteiger partial charge on any atom is 0.323 e. The molecule has 3 nitrogen and oxygen atoms in total. The van der Waals surface area contributed by atoms with Gasteiger partial charge in [0, 0.05) is 6.54 Å². The Hall–Kier alpha value is -1.49. The number of halogens is 2. The molecule has 0 atom stereocenters. The number of carbonyl (C=O) groups is 1. The second-order valence-electron chi connectivity index (χ2n) is 4.47. The number of benzene rings is 1. The van der Waals surface area contributed by atoms with E-state index in [-0.39, 0.29) is 6.54 Å². The first-order chi connectivity index (χ1) is 7.75. The minimum atomic E-state index is -1.06. The lowest BCUT2D eigenvalue weighted by Gasteiger charge is -2.31. The first kappa shape index (κ1) is 13.6. The van der Waals surface area contributed by atoms with Gasteiger partial charge in [0.2, 0.25) is 0 Å². The van der Waals surface area contributed by atoms with Crippen LogP contribution in [0.4, 0.5) is 8.78 Å². The number of hydrogen-bond acceptors (Lipinski definition) is 2. The maximum atomic E-state index is 13.0. The van der Waals surface area contributed by atoms with Crippen molar-refractivity contribution in [2.75, 3.05) is 7.05 Å². The molecule has 0 bridgehead atoms. The van der Waals surface area contributed by atoms with E-state index in [2.05, 4.69) is 0 Å². The van der Waals surface area contributed by atoms with Crippen LogP contribution in [0.2, 0.25) is 0 Å². The van der Waals surface area contributed by atoms with Crippen LogP contribution in [-0.2, 0) is 11.3 Å². The Balaban J connectivity index is 2.84. The molecule has 5 heteroatoms. The smallest absolute Gasteiger partial charge is 0.323 e. The molecule has 0 amide bonds. The summed E-state index contributed by atoms with van der Waals surface area (Å²) >= 11 is 0. The van der Waals surface area contributed by atoms with Crippen LogP contribution in [0.1, 0.15) is 19.4 Å². The Kier molecular flexibility index (Phi) is 3.83. The van der Waals surface area contributed by atoms with Crippen LogP contribution < -0.4 is 0 Å². The summed E-state index contributed by atoms with van der Waals surface area (Å²) in [5.74, 6) is -2.81. The van der Waals surface area contributed by atoms with Gasteiger partial charge in [-0.05, 0) is 38.6 Å². The molecule has 0 radical (unpaired) electrons. The zero-order chi connectivity index (χ0) is 13.2. The van der Waals surface area contributed by atoms with Gasteiger partial charge in [0.15, 0.2) is 11.6 Å². The molecule has 0 aliphatic rings. The molecule has 0 saturated carbocycles. The second kappa shape index (κ2) is 4.79. The summed E-state index contributed by atoms with van der Waals surface area (Å²) < 4.78 is 25.7. The standard InChI is InChI=1S/C12H15F2NO2/c1-12(2,11(16)17)15(3)7-8-4-5-9(13)10(14)6-8/h4-6H,7H2,1-3H3,(H,16,17). The van der Waals surface area contributed by atoms with Gasteiger partial charge in [0.1, 0.15) is 5.54 Å². The van der Waals surface area contributed by atoms with Gasteiger partial charge in [-0.15, -0.1) is 0 Å². The van der Waals surface area contributed by atoms with Crippen molar-refractivity contribution >= 4 is 5.97 Å². The SMILES string of the molecule is CN(Cc1ccc(F)c(F)c1)C(C)(C)C(=O)O. The van der Waals surface area contributed by atoms with E-state index in [1.807, 2.05) is 0 Å². The molecule has 0 unspecified atom stereocenters. The first-order valence-corrected chi connectivity index (χ1v) is 5.13. The molecule has 0 saturated heterocycles. The van der Waals surface area contributed by atoms with E-state index in [4.69, 9.17) is 5.11 Å². The summed E-state index contributed by atoms with van der Waals surface area (Å²) in [5, 5.41) is 9.01. The van der Waals surface area contributed by atoms with E-state index < -0.39 is 23.1 Å². The topological polar surface area (TPSA) is 40.5 Å². The average Bonchev–Trinajstić information content (AvgIpc) is 2.23. The maximum absolute atomic E-state index is 13.0. The fourth-order valence-corrected chi connectivity index (χ4v) is 1.27. The van der Waals surface area contributed by atoms with Crippen LogP contribution in [0.3, 0.4) is 0 Å². The highest BCUT2D eigenvalue weighted by molar-refractivity contribution is 5.77. The van der Waals surface area contributed by atoms with Crippen LogP contribution in [0.25, 0.3) is 0 Å². The van der Waals surface area contributed by atoms with Crippen molar-refractivity contribution in [3.8, 4) is 0 Å². The summed E-state index contributed by atoms with van der Waals surface area (Å²) in [6.07, 6.45) is 0. The van der Waals surface area contributed by atoms with Crippen LogP contribution in [-0.4, -0.2) is 28.6 Å². The van der Waals surface area contributed by atoms with Crippen LogP contribution in [0, 0.1) is 11.6 Å². The third-order valence-corrected chi connectivity index (χ3v) is 2.88. The van der Waals surface area contributed by atoms with E-state index in [0.29, 0.717) is 5.56 Å². The lowest BCUT2D eigenvalue weighted by atomic mass is 10.0. The third kappa shape index (κ3) is 3.00. The number of likely N-dealkylation sites (N-methyl/N-ethyl adjacent to an activating group) is 1. The molecule has 0 aromatic heterocycles. The Bertz CT molecular complexity index is 433. The lowest BCUT2D eigenvalue weighted by molar-refractivity contribution is -0.148. The quantitative estimate of drug-likeness (QED) is 0.881. The van der Waals surface area contributed by atoms with Crippen molar-refractivity contribution in [3.05, 3.63) is 35.4 Å². The van der Waals surface area contributed by atoms with E-state index in [9.17, 15) is 13.6 Å². The lowest BCUT2D eigenvalue weighted by Crippen LogP contribution is -2.47. The Labute approximate surface area is 98.7 Å². The summed E-state index contributed by atoms with van der Waals surface area (Å²) in [7, 11) is 1.62. The van der Waals surface area contributed by atoms with Crippen molar-refractivity contribution in [1.29, 1.82) is 0 Å². The number of hydrogen-bond donors (Lipinski definition) is 1. The molecule has 94 valence electrons. The fraction of sp³-hybridized carbons (Fsp3) is 0.417. The molecule has 17 heavy (non-hydrogen) atoms. The minimum absolute atomic E-state index is 0.233.